The molecule has 11 nitrogen and oxygen atoms in total. The molecule has 2 aromatic rings. The van der Waals surface area contributed by atoms with Gasteiger partial charge in [-0.25, -0.2) is 10.2 Å². The molecule has 0 saturated carbocycles. The summed E-state index contributed by atoms with van der Waals surface area (Å²) in [6, 6.07) is 5.40. The van der Waals surface area contributed by atoms with E-state index in [0.29, 0.717) is 18.5 Å². The van der Waals surface area contributed by atoms with E-state index >= 15 is 0 Å². The Labute approximate surface area is 237 Å². The second kappa shape index (κ2) is 18.9. The van der Waals surface area contributed by atoms with Crippen LogP contribution >= 0.6 is 0 Å². The largest absolute Gasteiger partial charge is 0.454 e. The monoisotopic (exact) mass is 561 g/mol. The second-order valence-corrected chi connectivity index (χ2v) is 9.71. The molecule has 2 heterocycles. The third-order valence-electron chi connectivity index (χ3n) is 6.29. The number of nitrogens with one attached hydrogen (secondary N) is 4. The fourth-order valence-corrected chi connectivity index (χ4v) is 4.15. The molecule has 2 unspecified atom stereocenters. The minimum atomic E-state index is -0.830. The molecule has 1 aromatic carbocycles. The first-order valence-corrected chi connectivity index (χ1v) is 14.0. The van der Waals surface area contributed by atoms with Gasteiger partial charge in [0.05, 0.1) is 11.6 Å². The highest BCUT2D eigenvalue weighted by molar-refractivity contribution is 5.97. The zero-order chi connectivity index (χ0) is 30.1. The van der Waals surface area contributed by atoms with Crippen LogP contribution in [-0.2, 0) is 19.1 Å². The number of H-pyrrole nitrogens is 1. The summed E-state index contributed by atoms with van der Waals surface area (Å²) in [6.45, 7) is 11.8. The highest BCUT2D eigenvalue weighted by Gasteiger charge is 2.34. The Morgan fingerprint density at radius 1 is 1.15 bits per heavy atom. The minimum absolute atomic E-state index is 0.214. The number of Topliss-reactive ketones (excluding diaryl/α,β-unsaturated/α-hetero) is 1. The number of carbonyl (C=O) groups is 4. The maximum atomic E-state index is 12.8. The molecule has 2 amide bonds. The van der Waals surface area contributed by atoms with Gasteiger partial charge in [-0.1, -0.05) is 34.1 Å². The van der Waals surface area contributed by atoms with Crippen LogP contribution in [0.2, 0.25) is 0 Å². The molecule has 224 valence electrons. The maximum Gasteiger partial charge on any atom is 0.338 e. The van der Waals surface area contributed by atoms with E-state index in [2.05, 4.69) is 34.9 Å². The number of fused-ring (bicyclic) bond motifs is 1. The van der Waals surface area contributed by atoms with Crippen LogP contribution in [0.15, 0.2) is 30.5 Å². The molecule has 0 radical (unpaired) electrons. The van der Waals surface area contributed by atoms with E-state index in [9.17, 15) is 19.2 Å². The number of esters is 1. The van der Waals surface area contributed by atoms with Crippen molar-refractivity contribution in [1.29, 1.82) is 0 Å². The zero-order valence-corrected chi connectivity index (χ0v) is 24.7. The van der Waals surface area contributed by atoms with Gasteiger partial charge in [0.25, 0.3) is 0 Å². The summed E-state index contributed by atoms with van der Waals surface area (Å²) < 4.78 is 5.21. The van der Waals surface area contributed by atoms with Crippen molar-refractivity contribution in [3.63, 3.8) is 0 Å². The lowest BCUT2D eigenvalue weighted by Crippen LogP contribution is -2.60. The molecule has 1 saturated heterocycles. The molecule has 1 fully saturated rings. The number of amides is 2. The molecule has 3 rings (SSSR count). The Hall–Kier alpha value is -3.28. The van der Waals surface area contributed by atoms with Gasteiger partial charge < -0.3 is 25.5 Å². The minimum Gasteiger partial charge on any atom is -0.454 e. The molecule has 40 heavy (non-hydrogen) atoms. The predicted octanol–water partition coefficient (Wildman–Crippen LogP) is 2.55. The van der Waals surface area contributed by atoms with Gasteiger partial charge in [-0.05, 0) is 62.5 Å². The fraction of sp³-hybridized carbons (Fsp3) is 0.586. The van der Waals surface area contributed by atoms with Crippen LogP contribution in [-0.4, -0.2) is 84.1 Å². The van der Waals surface area contributed by atoms with E-state index in [-0.39, 0.29) is 11.8 Å². The van der Waals surface area contributed by atoms with Crippen molar-refractivity contribution >= 4 is 34.5 Å². The van der Waals surface area contributed by atoms with Crippen LogP contribution in [0.4, 0.5) is 0 Å². The van der Waals surface area contributed by atoms with Crippen molar-refractivity contribution in [2.45, 2.75) is 72.4 Å². The van der Waals surface area contributed by atoms with Gasteiger partial charge in [0, 0.05) is 37.7 Å². The molecule has 5 N–H and O–H groups in total. The van der Waals surface area contributed by atoms with E-state index in [0.717, 1.165) is 31.0 Å². The summed E-state index contributed by atoms with van der Waals surface area (Å²) in [4.78, 5) is 52.7. The number of ether oxygens (including phenoxy) is 1. The molecule has 1 aliphatic rings. The summed E-state index contributed by atoms with van der Waals surface area (Å²) in [5, 5.41) is 15.2. The average Bonchev–Trinajstić information content (AvgIpc) is 3.44. The van der Waals surface area contributed by atoms with Crippen LogP contribution in [0.5, 0.6) is 0 Å². The molecule has 0 spiro atoms. The summed E-state index contributed by atoms with van der Waals surface area (Å²) in [7, 11) is 1.00. The van der Waals surface area contributed by atoms with Gasteiger partial charge in [0.1, 0.15) is 6.04 Å². The molecular weight excluding hydrogens is 514 g/mol. The standard InChI is InChI=1S/C22H28N4O5.C6H15N.CH4O/c1-13(2)20(25-21(29)18-5-4-9-24-26(18)14(3)27)19(28)12-31-22(30)16-6-7-17-15(11-16)8-10-23-17;1-3-5-6-7-4-2;1-2/h6-8,10-11,13,18,20,23-24H,4-5,9,12H2,1-3H3,(H,25,29);7H,3-6H2,1-2H3;2H,1H3. The lowest BCUT2D eigenvalue weighted by Gasteiger charge is -2.35. The van der Waals surface area contributed by atoms with Crippen LogP contribution in [0, 0.1) is 5.92 Å². The number of hydrazine groups is 1. The van der Waals surface area contributed by atoms with Crippen LogP contribution in [0.1, 0.15) is 70.7 Å². The van der Waals surface area contributed by atoms with Crippen LogP contribution in [0.25, 0.3) is 10.9 Å². The number of benzene rings is 1. The lowest BCUT2D eigenvalue weighted by molar-refractivity contribution is -0.145. The summed E-state index contributed by atoms with van der Waals surface area (Å²) in [5.41, 5.74) is 4.15. The van der Waals surface area contributed by atoms with Crippen molar-refractivity contribution in [2.75, 3.05) is 33.4 Å². The van der Waals surface area contributed by atoms with Gasteiger partial charge in [-0.3, -0.25) is 19.4 Å². The number of hydrogen-bond acceptors (Lipinski definition) is 8. The number of aliphatic hydroxyl groups is 1. The van der Waals surface area contributed by atoms with E-state index in [1.54, 1.807) is 38.2 Å². The van der Waals surface area contributed by atoms with Crippen molar-refractivity contribution in [2.24, 2.45) is 5.92 Å². The second-order valence-electron chi connectivity index (χ2n) is 9.71. The fourth-order valence-electron chi connectivity index (χ4n) is 4.15. The topological polar surface area (TPSA) is 153 Å². The highest BCUT2D eigenvalue weighted by Crippen LogP contribution is 2.16. The van der Waals surface area contributed by atoms with Crippen molar-refractivity contribution in [1.82, 2.24) is 26.1 Å². The summed E-state index contributed by atoms with van der Waals surface area (Å²) in [6.07, 6.45) is 5.63. The van der Waals surface area contributed by atoms with E-state index < -0.39 is 36.4 Å². The Morgan fingerprint density at radius 2 is 1.88 bits per heavy atom. The van der Waals surface area contributed by atoms with Crippen molar-refractivity contribution in [3.8, 4) is 0 Å². The highest BCUT2D eigenvalue weighted by atomic mass is 16.5. The number of hydrogen-bond donors (Lipinski definition) is 5. The average molecular weight is 562 g/mol. The quantitative estimate of drug-likeness (QED) is 0.207. The smallest absolute Gasteiger partial charge is 0.338 e. The van der Waals surface area contributed by atoms with Gasteiger partial charge in [0.15, 0.2) is 12.4 Å². The number of aromatic amines is 1. The third kappa shape index (κ3) is 11.1. The SMILES string of the molecule is CC(=O)N1NCCCC1C(=O)NC(C(=O)COC(=O)c1ccc2[nH]ccc2c1)C(C)C.CCCCNCC.CO. The number of ketones is 1. The van der Waals surface area contributed by atoms with Crippen molar-refractivity contribution in [3.05, 3.63) is 36.0 Å². The van der Waals surface area contributed by atoms with Gasteiger partial charge in [0.2, 0.25) is 11.8 Å². The zero-order valence-electron chi connectivity index (χ0n) is 24.7. The first kappa shape index (κ1) is 34.7. The number of nitrogens with zero attached hydrogens (tertiary/aromatic N) is 1. The number of rotatable bonds is 11. The molecule has 0 aliphatic carbocycles. The summed E-state index contributed by atoms with van der Waals surface area (Å²) >= 11 is 0. The van der Waals surface area contributed by atoms with Crippen LogP contribution in [0.3, 0.4) is 0 Å². The third-order valence-corrected chi connectivity index (χ3v) is 6.29. The Balaban J connectivity index is 0.000000775. The number of aromatic nitrogens is 1. The van der Waals surface area contributed by atoms with Gasteiger partial charge in [-0.2, -0.15) is 0 Å². The first-order valence-electron chi connectivity index (χ1n) is 14.0. The molecule has 11 heteroatoms. The van der Waals surface area contributed by atoms with E-state index in [1.165, 1.54) is 31.3 Å². The molecule has 2 atom stereocenters. The molecular formula is C29H47N5O6. The lowest BCUT2D eigenvalue weighted by atomic mass is 9.98. The Kier molecular flexibility index (Phi) is 16.4. The Bertz CT molecular complexity index is 1070. The van der Waals surface area contributed by atoms with E-state index in [4.69, 9.17) is 9.84 Å². The molecule has 1 aromatic heterocycles. The molecule has 0 bridgehead atoms. The summed E-state index contributed by atoms with van der Waals surface area (Å²) in [5.74, 6) is -1.89. The number of unbranched alkanes of at least 4 members (excludes halogenated alkanes) is 1. The Morgan fingerprint density at radius 3 is 2.50 bits per heavy atom. The normalized spacial score (nSPS) is 15.3. The molecule has 1 aliphatic heterocycles. The predicted molar refractivity (Wildman–Crippen MR) is 155 cm³/mol. The number of carbonyl (C=O) groups excluding carboxylic acids is 4. The number of aliphatic hydroxyl groups excluding tert-OH is 1. The van der Waals surface area contributed by atoms with Crippen molar-refractivity contribution < 1.29 is 29.0 Å². The van der Waals surface area contributed by atoms with Crippen LogP contribution < -0.4 is 16.1 Å². The first-order chi connectivity index (χ1) is 19.2. The van der Waals surface area contributed by atoms with Gasteiger partial charge >= 0.3 is 5.97 Å². The van der Waals surface area contributed by atoms with E-state index in [1.807, 2.05) is 6.07 Å². The van der Waals surface area contributed by atoms with Gasteiger partial charge in [-0.15, -0.1) is 0 Å². The maximum absolute atomic E-state index is 12.8.